The minimum atomic E-state index is 0.0860. The van der Waals surface area contributed by atoms with Gasteiger partial charge in [-0.3, -0.25) is 4.79 Å². The molecule has 2 aliphatic carbocycles. The number of aliphatic hydroxyl groups excluding tert-OH is 1. The first kappa shape index (κ1) is 11.8. The second-order valence-electron chi connectivity index (χ2n) is 4.25. The number of hydrogen-bond donors (Lipinski definition) is 1. The molecule has 88 valence electrons. The fourth-order valence-electron chi connectivity index (χ4n) is 2.47. The molecule has 1 N–H and O–H groups in total. The molecule has 0 fully saturated rings. The summed E-state index contributed by atoms with van der Waals surface area (Å²) in [5.41, 5.74) is 4.95. The number of carbonyl (C=O) groups is 1. The van der Waals surface area contributed by atoms with Gasteiger partial charge in [-0.2, -0.15) is 0 Å². The molecule has 0 saturated heterocycles. The third-order valence-corrected chi connectivity index (χ3v) is 3.17. The summed E-state index contributed by atoms with van der Waals surface area (Å²) in [5.74, 6) is 0.0860. The van der Waals surface area contributed by atoms with Crippen LogP contribution in [0.25, 0.3) is 11.1 Å². The van der Waals surface area contributed by atoms with Gasteiger partial charge in [0.25, 0.3) is 0 Å². The molecule has 0 aromatic rings. The SMILES string of the molecule is CC(=O)c1c2cccccc-2c(CCO)c1C. The van der Waals surface area contributed by atoms with Gasteiger partial charge in [0.15, 0.2) is 5.78 Å². The number of aliphatic hydroxyl groups is 1. The maximum Gasteiger partial charge on any atom is 0.160 e. The first-order chi connectivity index (χ1) is 8.16. The van der Waals surface area contributed by atoms with E-state index in [-0.39, 0.29) is 12.4 Å². The fourth-order valence-corrected chi connectivity index (χ4v) is 2.47. The molecule has 0 radical (unpaired) electrons. The van der Waals surface area contributed by atoms with E-state index in [0.29, 0.717) is 6.42 Å². The van der Waals surface area contributed by atoms with E-state index in [4.69, 9.17) is 5.11 Å². The molecule has 0 bridgehead atoms. The number of carbonyl (C=O) groups excluding carboxylic acids is 1. The van der Waals surface area contributed by atoms with Crippen molar-refractivity contribution < 1.29 is 9.90 Å². The van der Waals surface area contributed by atoms with Crippen molar-refractivity contribution in [2.45, 2.75) is 20.3 Å². The van der Waals surface area contributed by atoms with Gasteiger partial charge in [-0.25, -0.2) is 0 Å². The predicted octanol–water partition coefficient (Wildman–Crippen LogP) is 2.84. The van der Waals surface area contributed by atoms with Crippen molar-refractivity contribution >= 4 is 5.78 Å². The molecule has 17 heavy (non-hydrogen) atoms. The van der Waals surface area contributed by atoms with Crippen molar-refractivity contribution in [1.29, 1.82) is 0 Å². The second kappa shape index (κ2) is 4.68. The first-order valence-corrected chi connectivity index (χ1v) is 5.78. The summed E-state index contributed by atoms with van der Waals surface area (Å²) in [6, 6.07) is 9.84. The summed E-state index contributed by atoms with van der Waals surface area (Å²) in [7, 11) is 0. The number of Topliss-reactive ketones (excluding diaryl/α,β-unsaturated/α-hetero) is 1. The highest BCUT2D eigenvalue weighted by molar-refractivity contribution is 6.05. The lowest BCUT2D eigenvalue weighted by Gasteiger charge is -1.99. The van der Waals surface area contributed by atoms with Gasteiger partial charge < -0.3 is 5.11 Å². The third kappa shape index (κ3) is 1.96. The molecule has 0 aliphatic heterocycles. The number of hydrogen-bond acceptors (Lipinski definition) is 2. The number of rotatable bonds is 3. The highest BCUT2D eigenvalue weighted by Gasteiger charge is 2.21. The molecule has 0 amide bonds. The topological polar surface area (TPSA) is 37.3 Å². The van der Waals surface area contributed by atoms with Crippen LogP contribution in [0, 0.1) is 6.92 Å². The molecule has 2 nitrogen and oxygen atoms in total. The van der Waals surface area contributed by atoms with Crippen molar-refractivity contribution in [2.75, 3.05) is 6.61 Å². The van der Waals surface area contributed by atoms with Crippen molar-refractivity contribution in [2.24, 2.45) is 0 Å². The van der Waals surface area contributed by atoms with E-state index in [1.54, 1.807) is 6.92 Å². The smallest absolute Gasteiger partial charge is 0.160 e. The van der Waals surface area contributed by atoms with E-state index in [1.165, 1.54) is 0 Å². The summed E-state index contributed by atoms with van der Waals surface area (Å²) in [6.07, 6.45) is 0.597. The Hall–Kier alpha value is -1.67. The molecule has 0 spiro atoms. The van der Waals surface area contributed by atoms with Gasteiger partial charge in [0.05, 0.1) is 0 Å². The van der Waals surface area contributed by atoms with E-state index in [1.807, 2.05) is 37.3 Å². The molecule has 0 saturated carbocycles. The van der Waals surface area contributed by atoms with E-state index in [0.717, 1.165) is 27.8 Å². The normalized spacial score (nSPS) is 10.8. The van der Waals surface area contributed by atoms with Crippen molar-refractivity contribution in [3.8, 4) is 11.1 Å². The first-order valence-electron chi connectivity index (χ1n) is 5.78. The molecule has 2 aliphatic rings. The fraction of sp³-hybridized carbons (Fsp3) is 0.267. The Morgan fingerprint density at radius 2 is 1.82 bits per heavy atom. The summed E-state index contributed by atoms with van der Waals surface area (Å²) >= 11 is 0. The lowest BCUT2D eigenvalue weighted by atomic mass is 10.1. The third-order valence-electron chi connectivity index (χ3n) is 3.17. The summed E-state index contributed by atoms with van der Waals surface area (Å²) in [4.78, 5) is 11.7. The Morgan fingerprint density at radius 3 is 2.41 bits per heavy atom. The maximum atomic E-state index is 11.7. The van der Waals surface area contributed by atoms with Gasteiger partial charge in [-0.05, 0) is 42.5 Å². The number of ketones is 1. The van der Waals surface area contributed by atoms with Gasteiger partial charge in [0.2, 0.25) is 0 Å². The van der Waals surface area contributed by atoms with Gasteiger partial charge in [0.1, 0.15) is 0 Å². The average molecular weight is 228 g/mol. The average Bonchev–Trinajstić information content (AvgIpc) is 2.45. The molecular formula is C15H16O2. The molecule has 0 unspecified atom stereocenters. The van der Waals surface area contributed by atoms with E-state index in [2.05, 4.69) is 0 Å². The second-order valence-corrected chi connectivity index (χ2v) is 4.25. The minimum absolute atomic E-state index is 0.0860. The standard InChI is InChI=1S/C15H16O2/c1-10-12(8-9-16)13-6-4-3-5-7-14(13)15(10)11(2)17/h3-7,16H,8-9H2,1-2H3. The summed E-state index contributed by atoms with van der Waals surface area (Å²) in [5, 5.41) is 9.13. The van der Waals surface area contributed by atoms with Crippen molar-refractivity contribution in [3.63, 3.8) is 0 Å². The van der Waals surface area contributed by atoms with Crippen LogP contribution in [0.5, 0.6) is 0 Å². The van der Waals surface area contributed by atoms with Gasteiger partial charge >= 0.3 is 0 Å². The van der Waals surface area contributed by atoms with Crippen LogP contribution >= 0.6 is 0 Å². The van der Waals surface area contributed by atoms with Gasteiger partial charge in [-0.1, -0.05) is 30.3 Å². The van der Waals surface area contributed by atoms with Crippen molar-refractivity contribution in [1.82, 2.24) is 0 Å². The molecule has 0 aromatic heterocycles. The number of fused-ring (bicyclic) bond motifs is 1. The zero-order valence-electron chi connectivity index (χ0n) is 10.2. The highest BCUT2D eigenvalue weighted by atomic mass is 16.3. The maximum absolute atomic E-state index is 11.7. The van der Waals surface area contributed by atoms with Crippen LogP contribution in [-0.2, 0) is 6.42 Å². The van der Waals surface area contributed by atoms with Crippen LogP contribution < -0.4 is 0 Å². The summed E-state index contributed by atoms with van der Waals surface area (Å²) in [6.45, 7) is 3.66. The lowest BCUT2D eigenvalue weighted by Crippen LogP contribution is -1.95. The van der Waals surface area contributed by atoms with Crippen LogP contribution in [0.15, 0.2) is 30.3 Å². The van der Waals surface area contributed by atoms with Crippen LogP contribution in [0.2, 0.25) is 0 Å². The molecule has 0 atom stereocenters. The molecule has 0 aromatic carbocycles. The Kier molecular flexibility index (Phi) is 3.25. The van der Waals surface area contributed by atoms with Gasteiger partial charge in [0, 0.05) is 12.2 Å². The monoisotopic (exact) mass is 228 g/mol. The van der Waals surface area contributed by atoms with Crippen LogP contribution in [-0.4, -0.2) is 17.5 Å². The molecule has 0 heterocycles. The quantitative estimate of drug-likeness (QED) is 0.820. The van der Waals surface area contributed by atoms with Crippen LogP contribution in [0.4, 0.5) is 0 Å². The van der Waals surface area contributed by atoms with Crippen LogP contribution in [0.3, 0.4) is 0 Å². The molecule has 2 rings (SSSR count). The van der Waals surface area contributed by atoms with Crippen molar-refractivity contribution in [3.05, 3.63) is 47.0 Å². The molecular weight excluding hydrogens is 212 g/mol. The Morgan fingerprint density at radius 1 is 1.18 bits per heavy atom. The largest absolute Gasteiger partial charge is 0.396 e. The predicted molar refractivity (Wildman–Crippen MR) is 68.6 cm³/mol. The Labute approximate surface area is 101 Å². The van der Waals surface area contributed by atoms with E-state index >= 15 is 0 Å². The van der Waals surface area contributed by atoms with E-state index < -0.39 is 0 Å². The summed E-state index contributed by atoms with van der Waals surface area (Å²) < 4.78 is 0. The zero-order chi connectivity index (χ0) is 12.4. The van der Waals surface area contributed by atoms with E-state index in [9.17, 15) is 4.79 Å². The minimum Gasteiger partial charge on any atom is -0.396 e. The van der Waals surface area contributed by atoms with Crippen LogP contribution in [0.1, 0.15) is 28.4 Å². The Balaban J connectivity index is 2.76. The lowest BCUT2D eigenvalue weighted by molar-refractivity contribution is 0.101. The van der Waals surface area contributed by atoms with Gasteiger partial charge in [-0.15, -0.1) is 0 Å². The highest BCUT2D eigenvalue weighted by Crippen LogP contribution is 2.36. The zero-order valence-corrected chi connectivity index (χ0v) is 10.2. The molecule has 2 heteroatoms. The Bertz CT molecular complexity index is 529.